The lowest BCUT2D eigenvalue weighted by Gasteiger charge is -2.21. The zero-order chi connectivity index (χ0) is 14.2. The van der Waals surface area contributed by atoms with E-state index in [-0.39, 0.29) is 0 Å². The van der Waals surface area contributed by atoms with E-state index in [0.717, 1.165) is 44.8 Å². The van der Waals surface area contributed by atoms with E-state index in [1.54, 1.807) is 12.4 Å². The SMILES string of the molecule is CC(C)CNCc1cncc(OCC2CCOCC2)n1. The molecule has 1 aliphatic heterocycles. The van der Waals surface area contributed by atoms with E-state index in [0.29, 0.717) is 24.3 Å². The fraction of sp³-hybridized carbons (Fsp3) is 0.733. The first-order chi connectivity index (χ1) is 9.74. The third-order valence-corrected chi connectivity index (χ3v) is 3.33. The summed E-state index contributed by atoms with van der Waals surface area (Å²) in [5, 5.41) is 3.36. The summed E-state index contributed by atoms with van der Waals surface area (Å²) in [5.74, 6) is 1.84. The summed E-state index contributed by atoms with van der Waals surface area (Å²) in [6.45, 7) is 8.49. The smallest absolute Gasteiger partial charge is 0.232 e. The van der Waals surface area contributed by atoms with Crippen LogP contribution in [0.2, 0.25) is 0 Å². The quantitative estimate of drug-likeness (QED) is 0.827. The lowest BCUT2D eigenvalue weighted by atomic mass is 10.0. The van der Waals surface area contributed by atoms with E-state index in [4.69, 9.17) is 9.47 Å². The maximum atomic E-state index is 5.76. The lowest BCUT2D eigenvalue weighted by Crippen LogP contribution is -2.22. The first-order valence-electron chi connectivity index (χ1n) is 7.46. The van der Waals surface area contributed by atoms with Gasteiger partial charge in [0.15, 0.2) is 0 Å². The zero-order valence-corrected chi connectivity index (χ0v) is 12.5. The van der Waals surface area contributed by atoms with Crippen molar-refractivity contribution in [1.29, 1.82) is 0 Å². The minimum absolute atomic E-state index is 0.577. The van der Waals surface area contributed by atoms with Crippen LogP contribution >= 0.6 is 0 Å². The van der Waals surface area contributed by atoms with Crippen molar-refractivity contribution in [3.8, 4) is 5.88 Å². The Morgan fingerprint density at radius 1 is 1.35 bits per heavy atom. The highest BCUT2D eigenvalue weighted by atomic mass is 16.5. The summed E-state index contributed by atoms with van der Waals surface area (Å²) < 4.78 is 11.1. The van der Waals surface area contributed by atoms with Crippen LogP contribution < -0.4 is 10.1 Å². The number of nitrogens with one attached hydrogen (secondary N) is 1. The molecule has 0 amide bonds. The maximum absolute atomic E-state index is 5.76. The average Bonchev–Trinajstić information content (AvgIpc) is 2.46. The Labute approximate surface area is 121 Å². The van der Waals surface area contributed by atoms with E-state index in [2.05, 4.69) is 29.1 Å². The van der Waals surface area contributed by atoms with Crippen molar-refractivity contribution in [2.45, 2.75) is 33.2 Å². The van der Waals surface area contributed by atoms with Crippen molar-refractivity contribution in [3.05, 3.63) is 18.1 Å². The van der Waals surface area contributed by atoms with Gasteiger partial charge in [0.05, 0.1) is 18.5 Å². The van der Waals surface area contributed by atoms with Crippen molar-refractivity contribution in [1.82, 2.24) is 15.3 Å². The molecule has 0 saturated carbocycles. The van der Waals surface area contributed by atoms with Crippen molar-refractivity contribution < 1.29 is 9.47 Å². The summed E-state index contributed by atoms with van der Waals surface area (Å²) in [6.07, 6.45) is 5.62. The van der Waals surface area contributed by atoms with E-state index in [1.807, 2.05) is 0 Å². The summed E-state index contributed by atoms with van der Waals surface area (Å²) in [6, 6.07) is 0. The van der Waals surface area contributed by atoms with Crippen molar-refractivity contribution in [2.75, 3.05) is 26.4 Å². The van der Waals surface area contributed by atoms with Crippen LogP contribution in [0.25, 0.3) is 0 Å². The molecule has 0 aliphatic carbocycles. The number of nitrogens with zero attached hydrogens (tertiary/aromatic N) is 2. The molecule has 0 unspecified atom stereocenters. The fourth-order valence-corrected chi connectivity index (χ4v) is 2.15. The Kier molecular flexibility index (Phi) is 6.21. The van der Waals surface area contributed by atoms with Gasteiger partial charge >= 0.3 is 0 Å². The van der Waals surface area contributed by atoms with Gasteiger partial charge in [0.1, 0.15) is 0 Å². The van der Waals surface area contributed by atoms with Crippen LogP contribution in [0, 0.1) is 11.8 Å². The predicted octanol–water partition coefficient (Wildman–Crippen LogP) is 2.03. The molecule has 0 bridgehead atoms. The molecule has 1 aromatic heterocycles. The second-order valence-corrected chi connectivity index (χ2v) is 5.74. The number of aromatic nitrogens is 2. The first-order valence-corrected chi connectivity index (χ1v) is 7.46. The van der Waals surface area contributed by atoms with Crippen molar-refractivity contribution >= 4 is 0 Å². The molecule has 112 valence electrons. The van der Waals surface area contributed by atoms with Gasteiger partial charge in [-0.1, -0.05) is 13.8 Å². The number of rotatable bonds is 7. The normalized spacial score (nSPS) is 16.6. The van der Waals surface area contributed by atoms with Gasteiger partial charge in [-0.3, -0.25) is 4.98 Å². The molecule has 0 radical (unpaired) electrons. The highest BCUT2D eigenvalue weighted by molar-refractivity contribution is 5.08. The largest absolute Gasteiger partial charge is 0.476 e. The second kappa shape index (κ2) is 8.17. The summed E-state index contributed by atoms with van der Waals surface area (Å²) in [7, 11) is 0. The van der Waals surface area contributed by atoms with Crippen LogP contribution in [0.15, 0.2) is 12.4 Å². The molecule has 1 aliphatic rings. The molecular formula is C15H25N3O2. The third-order valence-electron chi connectivity index (χ3n) is 3.33. The molecular weight excluding hydrogens is 254 g/mol. The van der Waals surface area contributed by atoms with Gasteiger partial charge in [0, 0.05) is 26.0 Å². The van der Waals surface area contributed by atoms with Gasteiger partial charge in [0.25, 0.3) is 0 Å². The van der Waals surface area contributed by atoms with E-state index >= 15 is 0 Å². The standard InChI is InChI=1S/C15H25N3O2/c1-12(2)7-16-8-14-9-17-10-15(18-14)20-11-13-3-5-19-6-4-13/h9-10,12-13,16H,3-8,11H2,1-2H3. The highest BCUT2D eigenvalue weighted by Gasteiger charge is 2.14. The summed E-state index contributed by atoms with van der Waals surface area (Å²) in [5.41, 5.74) is 0.926. The highest BCUT2D eigenvalue weighted by Crippen LogP contribution is 2.16. The molecule has 1 N–H and O–H groups in total. The molecule has 20 heavy (non-hydrogen) atoms. The molecule has 1 aromatic rings. The Morgan fingerprint density at radius 2 is 2.15 bits per heavy atom. The van der Waals surface area contributed by atoms with Crippen molar-refractivity contribution in [3.63, 3.8) is 0 Å². The first kappa shape index (κ1) is 15.2. The van der Waals surface area contributed by atoms with E-state index in [1.165, 1.54) is 0 Å². The van der Waals surface area contributed by atoms with Gasteiger partial charge in [0.2, 0.25) is 5.88 Å². The molecule has 2 rings (SSSR count). The topological polar surface area (TPSA) is 56.3 Å². The maximum Gasteiger partial charge on any atom is 0.232 e. The lowest BCUT2D eigenvalue weighted by molar-refractivity contribution is 0.0489. The second-order valence-electron chi connectivity index (χ2n) is 5.74. The van der Waals surface area contributed by atoms with Gasteiger partial charge in [-0.2, -0.15) is 0 Å². The van der Waals surface area contributed by atoms with Crippen LogP contribution in [-0.4, -0.2) is 36.3 Å². The van der Waals surface area contributed by atoms with Gasteiger partial charge < -0.3 is 14.8 Å². The van der Waals surface area contributed by atoms with Crippen molar-refractivity contribution in [2.24, 2.45) is 11.8 Å². The number of hydrogen-bond donors (Lipinski definition) is 1. The van der Waals surface area contributed by atoms with Crippen LogP contribution in [0.3, 0.4) is 0 Å². The zero-order valence-electron chi connectivity index (χ0n) is 12.5. The van der Waals surface area contributed by atoms with Gasteiger partial charge in [-0.05, 0) is 31.2 Å². The number of ether oxygens (including phenoxy) is 2. The fourth-order valence-electron chi connectivity index (χ4n) is 2.15. The van der Waals surface area contributed by atoms with E-state index in [9.17, 15) is 0 Å². The third kappa shape index (κ3) is 5.43. The van der Waals surface area contributed by atoms with Crippen LogP contribution in [0.4, 0.5) is 0 Å². The van der Waals surface area contributed by atoms with Crippen LogP contribution in [0.5, 0.6) is 5.88 Å². The Bertz CT molecular complexity index is 392. The molecule has 5 nitrogen and oxygen atoms in total. The van der Waals surface area contributed by atoms with Crippen LogP contribution in [0.1, 0.15) is 32.4 Å². The summed E-state index contributed by atoms with van der Waals surface area (Å²) >= 11 is 0. The molecule has 2 heterocycles. The summed E-state index contributed by atoms with van der Waals surface area (Å²) in [4.78, 5) is 8.67. The minimum Gasteiger partial charge on any atom is -0.476 e. The Hall–Kier alpha value is -1.20. The predicted molar refractivity (Wildman–Crippen MR) is 77.6 cm³/mol. The number of hydrogen-bond acceptors (Lipinski definition) is 5. The van der Waals surface area contributed by atoms with Gasteiger partial charge in [-0.25, -0.2) is 4.98 Å². The minimum atomic E-state index is 0.577. The Morgan fingerprint density at radius 3 is 2.90 bits per heavy atom. The average molecular weight is 279 g/mol. The molecule has 1 saturated heterocycles. The molecule has 5 heteroatoms. The molecule has 0 atom stereocenters. The van der Waals surface area contributed by atoms with E-state index < -0.39 is 0 Å². The molecule has 1 fully saturated rings. The van der Waals surface area contributed by atoms with Crippen LogP contribution in [-0.2, 0) is 11.3 Å². The Balaban J connectivity index is 1.76. The molecule has 0 spiro atoms. The van der Waals surface area contributed by atoms with Gasteiger partial charge in [-0.15, -0.1) is 0 Å². The monoisotopic (exact) mass is 279 g/mol. The molecule has 0 aromatic carbocycles.